The number of aromatic carboxylic acids is 1. The second kappa shape index (κ2) is 5.00. The molecule has 1 aliphatic rings. The first-order valence-corrected chi connectivity index (χ1v) is 6.42. The van der Waals surface area contributed by atoms with Crippen molar-refractivity contribution in [1.29, 1.82) is 0 Å². The summed E-state index contributed by atoms with van der Waals surface area (Å²) in [5.41, 5.74) is 5.15. The summed E-state index contributed by atoms with van der Waals surface area (Å²) < 4.78 is 0. The van der Waals surface area contributed by atoms with Gasteiger partial charge in [0.2, 0.25) is 5.91 Å². The van der Waals surface area contributed by atoms with Crippen LogP contribution in [0.25, 0.3) is 0 Å². The van der Waals surface area contributed by atoms with E-state index in [1.54, 1.807) is 0 Å². The molecule has 0 aromatic heterocycles. The molecule has 102 valence electrons. The zero-order valence-electron chi connectivity index (χ0n) is 9.87. The summed E-state index contributed by atoms with van der Waals surface area (Å²) in [5, 5.41) is 11.6. The maximum atomic E-state index is 12.0. The van der Waals surface area contributed by atoms with Gasteiger partial charge in [0, 0.05) is 0 Å². The molecule has 1 saturated carbocycles. The number of carboxylic acid groups (broad SMARTS) is 1. The minimum atomic E-state index is -1.14. The topological polar surface area (TPSA) is 92.4 Å². The van der Waals surface area contributed by atoms with Crippen molar-refractivity contribution in [2.24, 2.45) is 5.73 Å². The number of carbonyl (C=O) groups excluding carboxylic acids is 1. The zero-order valence-corrected chi connectivity index (χ0v) is 11.4. The highest BCUT2D eigenvalue weighted by Crippen LogP contribution is 2.35. The maximum absolute atomic E-state index is 12.0. The molecule has 1 aromatic rings. The van der Waals surface area contributed by atoms with Crippen molar-refractivity contribution in [2.45, 2.75) is 24.8 Å². The van der Waals surface area contributed by atoms with Gasteiger partial charge in [-0.1, -0.05) is 23.2 Å². The van der Waals surface area contributed by atoms with Crippen LogP contribution in [0.2, 0.25) is 10.0 Å². The van der Waals surface area contributed by atoms with E-state index in [-0.39, 0.29) is 27.2 Å². The van der Waals surface area contributed by atoms with E-state index in [2.05, 4.69) is 5.32 Å². The lowest BCUT2D eigenvalue weighted by molar-refractivity contribution is -0.123. The second-order valence-electron chi connectivity index (χ2n) is 4.58. The van der Waals surface area contributed by atoms with E-state index in [1.165, 1.54) is 12.1 Å². The SMILES string of the molecule is NC1(C(=O)Nc2c(Cl)cc(C(=O)O)cc2Cl)CCC1. The number of amides is 1. The molecular formula is C12H12Cl2N2O3. The van der Waals surface area contributed by atoms with Crippen LogP contribution in [0.3, 0.4) is 0 Å². The van der Waals surface area contributed by atoms with Crippen LogP contribution in [0.1, 0.15) is 29.6 Å². The summed E-state index contributed by atoms with van der Waals surface area (Å²) in [7, 11) is 0. The van der Waals surface area contributed by atoms with Crippen molar-refractivity contribution in [2.75, 3.05) is 5.32 Å². The molecule has 1 amide bonds. The molecule has 1 aliphatic carbocycles. The normalized spacial score (nSPS) is 16.6. The number of nitrogens with one attached hydrogen (secondary N) is 1. The highest BCUT2D eigenvalue weighted by atomic mass is 35.5. The van der Waals surface area contributed by atoms with E-state index in [1.807, 2.05) is 0 Å². The lowest BCUT2D eigenvalue weighted by Crippen LogP contribution is -2.56. The quantitative estimate of drug-likeness (QED) is 0.800. The Balaban J connectivity index is 2.26. The van der Waals surface area contributed by atoms with Crippen LogP contribution in [-0.4, -0.2) is 22.5 Å². The number of hydrogen-bond donors (Lipinski definition) is 3. The van der Waals surface area contributed by atoms with Crippen molar-refractivity contribution < 1.29 is 14.7 Å². The predicted octanol–water partition coefficient (Wildman–Crippen LogP) is 2.51. The predicted molar refractivity (Wildman–Crippen MR) is 72.8 cm³/mol. The van der Waals surface area contributed by atoms with Gasteiger partial charge in [-0.2, -0.15) is 0 Å². The fourth-order valence-corrected chi connectivity index (χ4v) is 2.42. The third kappa shape index (κ3) is 2.68. The smallest absolute Gasteiger partial charge is 0.335 e. The molecule has 0 spiro atoms. The van der Waals surface area contributed by atoms with E-state index < -0.39 is 11.5 Å². The molecule has 0 heterocycles. The fourth-order valence-electron chi connectivity index (χ4n) is 1.84. The molecule has 0 aliphatic heterocycles. The zero-order chi connectivity index (χ0) is 14.2. The van der Waals surface area contributed by atoms with Crippen molar-refractivity contribution in [3.8, 4) is 0 Å². The minimum absolute atomic E-state index is 0.0425. The van der Waals surface area contributed by atoms with E-state index in [0.29, 0.717) is 12.8 Å². The molecule has 4 N–H and O–H groups in total. The van der Waals surface area contributed by atoms with Gasteiger partial charge >= 0.3 is 5.97 Å². The van der Waals surface area contributed by atoms with Gasteiger partial charge in [-0.15, -0.1) is 0 Å². The Morgan fingerprint density at radius 3 is 2.16 bits per heavy atom. The van der Waals surface area contributed by atoms with Crippen LogP contribution < -0.4 is 11.1 Å². The number of carboxylic acids is 1. The van der Waals surface area contributed by atoms with E-state index >= 15 is 0 Å². The largest absolute Gasteiger partial charge is 0.478 e. The Labute approximate surface area is 119 Å². The van der Waals surface area contributed by atoms with Crippen LogP contribution in [0.4, 0.5) is 5.69 Å². The summed E-state index contributed by atoms with van der Waals surface area (Å²) in [4.78, 5) is 22.8. The molecule has 1 aromatic carbocycles. The first kappa shape index (κ1) is 14.1. The van der Waals surface area contributed by atoms with E-state index in [0.717, 1.165) is 6.42 Å². The van der Waals surface area contributed by atoms with Crippen molar-refractivity contribution in [3.05, 3.63) is 27.7 Å². The summed E-state index contributed by atoms with van der Waals surface area (Å²) in [6.45, 7) is 0. The lowest BCUT2D eigenvalue weighted by atomic mass is 9.77. The molecule has 5 nitrogen and oxygen atoms in total. The Morgan fingerprint density at radius 1 is 1.26 bits per heavy atom. The summed E-state index contributed by atoms with van der Waals surface area (Å²) in [6, 6.07) is 2.46. The third-order valence-electron chi connectivity index (χ3n) is 3.23. The Kier molecular flexibility index (Phi) is 3.71. The Bertz CT molecular complexity index is 533. The molecule has 0 bridgehead atoms. The van der Waals surface area contributed by atoms with Crippen LogP contribution in [0.15, 0.2) is 12.1 Å². The van der Waals surface area contributed by atoms with Crippen LogP contribution >= 0.6 is 23.2 Å². The number of anilines is 1. The molecule has 0 unspecified atom stereocenters. The van der Waals surface area contributed by atoms with Crippen molar-refractivity contribution in [1.82, 2.24) is 0 Å². The third-order valence-corrected chi connectivity index (χ3v) is 3.82. The maximum Gasteiger partial charge on any atom is 0.335 e. The number of halogens is 2. The first-order chi connectivity index (χ1) is 8.83. The van der Waals surface area contributed by atoms with Gasteiger partial charge in [-0.05, 0) is 31.4 Å². The number of carbonyl (C=O) groups is 2. The number of hydrogen-bond acceptors (Lipinski definition) is 3. The average Bonchev–Trinajstić information content (AvgIpc) is 2.29. The van der Waals surface area contributed by atoms with Crippen LogP contribution in [-0.2, 0) is 4.79 Å². The summed E-state index contributed by atoms with van der Waals surface area (Å²) in [5.74, 6) is -1.50. The van der Waals surface area contributed by atoms with Gasteiger partial charge in [-0.3, -0.25) is 4.79 Å². The molecule has 7 heteroatoms. The lowest BCUT2D eigenvalue weighted by Gasteiger charge is -2.36. The van der Waals surface area contributed by atoms with Gasteiger partial charge in [0.25, 0.3) is 0 Å². The van der Waals surface area contributed by atoms with Gasteiger partial charge in [0.1, 0.15) is 0 Å². The molecule has 2 rings (SSSR count). The van der Waals surface area contributed by atoms with Gasteiger partial charge < -0.3 is 16.2 Å². The number of nitrogens with two attached hydrogens (primary N) is 1. The Hall–Kier alpha value is -1.30. The van der Waals surface area contributed by atoms with Gasteiger partial charge in [0.05, 0.1) is 26.8 Å². The average molecular weight is 303 g/mol. The Morgan fingerprint density at radius 2 is 1.79 bits per heavy atom. The summed E-state index contributed by atoms with van der Waals surface area (Å²) >= 11 is 11.9. The fraction of sp³-hybridized carbons (Fsp3) is 0.333. The molecule has 0 saturated heterocycles. The van der Waals surface area contributed by atoms with Crippen LogP contribution in [0, 0.1) is 0 Å². The molecular weight excluding hydrogens is 291 g/mol. The first-order valence-electron chi connectivity index (χ1n) is 5.66. The number of benzene rings is 1. The van der Waals surface area contributed by atoms with Crippen LogP contribution in [0.5, 0.6) is 0 Å². The highest BCUT2D eigenvalue weighted by molar-refractivity contribution is 6.40. The molecule has 0 radical (unpaired) electrons. The van der Waals surface area contributed by atoms with Gasteiger partial charge in [-0.25, -0.2) is 4.79 Å². The van der Waals surface area contributed by atoms with E-state index in [9.17, 15) is 9.59 Å². The molecule has 0 atom stereocenters. The van der Waals surface area contributed by atoms with Crippen molar-refractivity contribution >= 4 is 40.8 Å². The number of rotatable bonds is 3. The molecule has 1 fully saturated rings. The van der Waals surface area contributed by atoms with E-state index in [4.69, 9.17) is 34.0 Å². The second-order valence-corrected chi connectivity index (χ2v) is 5.40. The van der Waals surface area contributed by atoms with Gasteiger partial charge in [0.15, 0.2) is 0 Å². The highest BCUT2D eigenvalue weighted by Gasteiger charge is 2.40. The molecule has 19 heavy (non-hydrogen) atoms. The summed E-state index contributed by atoms with van der Waals surface area (Å²) in [6.07, 6.45) is 2.13. The minimum Gasteiger partial charge on any atom is -0.478 e. The van der Waals surface area contributed by atoms with Crippen molar-refractivity contribution in [3.63, 3.8) is 0 Å². The standard InChI is InChI=1S/C12H12Cl2N2O3/c13-7-4-6(10(17)18)5-8(14)9(7)16-11(19)12(15)2-1-3-12/h4-5H,1-3,15H2,(H,16,19)(H,17,18). The monoisotopic (exact) mass is 302 g/mol.